The standard InChI is InChI=1S/C18H24N4O/c1-12-19-18(21-20-12)16-7-4-8-22(16)11-15-9-13-5-3-6-14(13)10-17(15)23-2/h9-10,16H,3-8,11H2,1-2H3,(H,19,20,21). The van der Waals surface area contributed by atoms with Crippen LogP contribution in [0.2, 0.25) is 0 Å². The third kappa shape index (κ3) is 2.74. The molecule has 0 amide bonds. The molecule has 5 heteroatoms. The van der Waals surface area contributed by atoms with Crippen LogP contribution < -0.4 is 4.74 Å². The molecular weight excluding hydrogens is 288 g/mol. The number of H-pyrrole nitrogens is 1. The molecule has 2 heterocycles. The number of likely N-dealkylation sites (tertiary alicyclic amines) is 1. The predicted octanol–water partition coefficient (Wildman–Crippen LogP) is 2.95. The van der Waals surface area contributed by atoms with Crippen LogP contribution in [0, 0.1) is 6.92 Å². The lowest BCUT2D eigenvalue weighted by molar-refractivity contribution is 0.236. The van der Waals surface area contributed by atoms with E-state index < -0.39 is 0 Å². The Labute approximate surface area is 137 Å². The average Bonchev–Trinajstić information content (AvgIpc) is 3.26. The quantitative estimate of drug-likeness (QED) is 0.943. The highest BCUT2D eigenvalue weighted by molar-refractivity contribution is 5.44. The van der Waals surface area contributed by atoms with Crippen LogP contribution in [0.25, 0.3) is 0 Å². The van der Waals surface area contributed by atoms with Gasteiger partial charge in [-0.05, 0) is 62.8 Å². The zero-order chi connectivity index (χ0) is 15.8. The topological polar surface area (TPSA) is 54.0 Å². The fourth-order valence-electron chi connectivity index (χ4n) is 4.00. The fraction of sp³-hybridized carbons (Fsp3) is 0.556. The Balaban J connectivity index is 1.59. The molecule has 0 bridgehead atoms. The molecule has 1 aromatic heterocycles. The van der Waals surface area contributed by atoms with Crippen molar-refractivity contribution in [3.63, 3.8) is 0 Å². The Bertz CT molecular complexity index is 709. The zero-order valence-electron chi connectivity index (χ0n) is 13.9. The molecule has 1 saturated heterocycles. The smallest absolute Gasteiger partial charge is 0.167 e. The summed E-state index contributed by atoms with van der Waals surface area (Å²) in [4.78, 5) is 7.03. The Morgan fingerprint density at radius 3 is 2.83 bits per heavy atom. The summed E-state index contributed by atoms with van der Waals surface area (Å²) in [6.07, 6.45) is 5.99. The molecule has 1 aromatic carbocycles. The second-order valence-corrected chi connectivity index (χ2v) is 6.69. The minimum Gasteiger partial charge on any atom is -0.496 e. The summed E-state index contributed by atoms with van der Waals surface area (Å²) in [5.41, 5.74) is 4.27. The average molecular weight is 312 g/mol. The van der Waals surface area contributed by atoms with Gasteiger partial charge in [-0.15, -0.1) is 0 Å². The molecule has 122 valence electrons. The summed E-state index contributed by atoms with van der Waals surface area (Å²) >= 11 is 0. The molecule has 1 fully saturated rings. The molecule has 1 aliphatic heterocycles. The molecule has 0 spiro atoms. The Morgan fingerprint density at radius 2 is 2.09 bits per heavy atom. The van der Waals surface area contributed by atoms with Gasteiger partial charge in [-0.2, -0.15) is 5.10 Å². The largest absolute Gasteiger partial charge is 0.496 e. The van der Waals surface area contributed by atoms with Crippen molar-refractivity contribution >= 4 is 0 Å². The molecule has 1 aliphatic carbocycles. The highest BCUT2D eigenvalue weighted by Gasteiger charge is 2.30. The molecule has 23 heavy (non-hydrogen) atoms. The first-order valence-electron chi connectivity index (χ1n) is 8.56. The lowest BCUT2D eigenvalue weighted by Gasteiger charge is -2.23. The van der Waals surface area contributed by atoms with Crippen molar-refractivity contribution in [2.45, 2.75) is 51.6 Å². The van der Waals surface area contributed by atoms with Gasteiger partial charge in [0, 0.05) is 12.1 Å². The van der Waals surface area contributed by atoms with Crippen LogP contribution in [0.3, 0.4) is 0 Å². The second-order valence-electron chi connectivity index (χ2n) is 6.69. The van der Waals surface area contributed by atoms with Gasteiger partial charge in [0.2, 0.25) is 0 Å². The maximum Gasteiger partial charge on any atom is 0.167 e. The number of nitrogens with one attached hydrogen (secondary N) is 1. The summed E-state index contributed by atoms with van der Waals surface area (Å²) in [5, 5.41) is 7.36. The molecule has 5 nitrogen and oxygen atoms in total. The molecule has 4 rings (SSSR count). The minimum atomic E-state index is 0.318. The molecule has 1 unspecified atom stereocenters. The Morgan fingerprint density at radius 1 is 1.26 bits per heavy atom. The number of hydrogen-bond acceptors (Lipinski definition) is 4. The monoisotopic (exact) mass is 312 g/mol. The highest BCUT2D eigenvalue weighted by atomic mass is 16.5. The number of rotatable bonds is 4. The number of fused-ring (bicyclic) bond motifs is 1. The van der Waals surface area contributed by atoms with Crippen LogP contribution in [-0.4, -0.2) is 33.7 Å². The lowest BCUT2D eigenvalue weighted by Crippen LogP contribution is -2.24. The highest BCUT2D eigenvalue weighted by Crippen LogP contribution is 2.35. The first kappa shape index (κ1) is 14.7. The van der Waals surface area contributed by atoms with E-state index in [1.807, 2.05) is 6.92 Å². The summed E-state index contributed by atoms with van der Waals surface area (Å²) in [5.74, 6) is 2.85. The van der Waals surface area contributed by atoms with E-state index in [0.29, 0.717) is 6.04 Å². The number of hydrogen-bond donors (Lipinski definition) is 1. The second kappa shape index (κ2) is 5.96. The molecule has 0 saturated carbocycles. The van der Waals surface area contributed by atoms with E-state index in [1.54, 1.807) is 7.11 Å². The first-order chi connectivity index (χ1) is 11.2. The first-order valence-corrected chi connectivity index (χ1v) is 8.56. The van der Waals surface area contributed by atoms with Crippen LogP contribution in [-0.2, 0) is 19.4 Å². The van der Waals surface area contributed by atoms with Crippen LogP contribution in [0.4, 0.5) is 0 Å². The van der Waals surface area contributed by atoms with Gasteiger partial charge in [-0.3, -0.25) is 10.00 Å². The van der Waals surface area contributed by atoms with E-state index in [2.05, 4.69) is 32.2 Å². The maximum atomic E-state index is 5.66. The molecule has 1 atom stereocenters. The molecule has 1 N–H and O–H groups in total. The van der Waals surface area contributed by atoms with E-state index >= 15 is 0 Å². The lowest BCUT2D eigenvalue weighted by atomic mass is 10.0. The van der Waals surface area contributed by atoms with Gasteiger partial charge in [-0.25, -0.2) is 4.98 Å². The molecule has 0 radical (unpaired) electrons. The maximum absolute atomic E-state index is 5.66. The summed E-state index contributed by atoms with van der Waals surface area (Å²) in [7, 11) is 1.78. The third-order valence-corrected chi connectivity index (χ3v) is 5.14. The molecule has 2 aromatic rings. The van der Waals surface area contributed by atoms with Crippen molar-refractivity contribution in [2.75, 3.05) is 13.7 Å². The van der Waals surface area contributed by atoms with Gasteiger partial charge in [0.1, 0.15) is 11.6 Å². The number of aromatic amines is 1. The van der Waals surface area contributed by atoms with E-state index in [4.69, 9.17) is 4.74 Å². The van der Waals surface area contributed by atoms with Crippen LogP contribution in [0.5, 0.6) is 5.75 Å². The van der Waals surface area contributed by atoms with Gasteiger partial charge in [-0.1, -0.05) is 6.07 Å². The van der Waals surface area contributed by atoms with Crippen LogP contribution in [0.1, 0.15) is 53.6 Å². The van der Waals surface area contributed by atoms with E-state index in [9.17, 15) is 0 Å². The van der Waals surface area contributed by atoms with E-state index in [-0.39, 0.29) is 0 Å². The third-order valence-electron chi connectivity index (χ3n) is 5.14. The van der Waals surface area contributed by atoms with Crippen molar-refractivity contribution in [3.8, 4) is 5.75 Å². The van der Waals surface area contributed by atoms with Crippen molar-refractivity contribution < 1.29 is 4.74 Å². The number of methoxy groups -OCH3 is 1. The number of aryl methyl sites for hydroxylation is 3. The summed E-state index contributed by atoms with van der Waals surface area (Å²) in [6, 6.07) is 4.93. The summed E-state index contributed by atoms with van der Waals surface area (Å²) < 4.78 is 5.66. The van der Waals surface area contributed by atoms with Crippen molar-refractivity contribution in [2.24, 2.45) is 0 Å². The van der Waals surface area contributed by atoms with Gasteiger partial charge in [0.15, 0.2) is 5.82 Å². The number of ether oxygens (including phenoxy) is 1. The number of aromatic nitrogens is 3. The minimum absolute atomic E-state index is 0.318. The Kier molecular flexibility index (Phi) is 3.81. The Hall–Kier alpha value is -1.88. The number of benzene rings is 1. The van der Waals surface area contributed by atoms with Crippen molar-refractivity contribution in [1.29, 1.82) is 0 Å². The molecular formula is C18H24N4O. The fourth-order valence-corrected chi connectivity index (χ4v) is 4.00. The van der Waals surface area contributed by atoms with Crippen LogP contribution in [0.15, 0.2) is 12.1 Å². The zero-order valence-corrected chi connectivity index (χ0v) is 13.9. The summed E-state index contributed by atoms with van der Waals surface area (Å²) in [6.45, 7) is 3.96. The number of nitrogens with zero attached hydrogens (tertiary/aromatic N) is 3. The van der Waals surface area contributed by atoms with Gasteiger partial charge in [0.05, 0.1) is 13.2 Å². The van der Waals surface area contributed by atoms with Gasteiger partial charge >= 0.3 is 0 Å². The van der Waals surface area contributed by atoms with Crippen LogP contribution >= 0.6 is 0 Å². The van der Waals surface area contributed by atoms with Crippen molar-refractivity contribution in [1.82, 2.24) is 20.1 Å². The molecule has 2 aliphatic rings. The predicted molar refractivity (Wildman–Crippen MR) is 88.5 cm³/mol. The van der Waals surface area contributed by atoms with E-state index in [1.165, 1.54) is 42.4 Å². The van der Waals surface area contributed by atoms with Gasteiger partial charge < -0.3 is 4.74 Å². The van der Waals surface area contributed by atoms with E-state index in [0.717, 1.165) is 36.9 Å². The van der Waals surface area contributed by atoms with Gasteiger partial charge in [0.25, 0.3) is 0 Å². The van der Waals surface area contributed by atoms with Crippen molar-refractivity contribution in [3.05, 3.63) is 40.5 Å². The normalized spacial score (nSPS) is 20.9. The SMILES string of the molecule is COc1cc2c(cc1CN1CCCC1c1n[nH]c(C)n1)CCC2.